The summed E-state index contributed by atoms with van der Waals surface area (Å²) in [7, 11) is 0. The lowest BCUT2D eigenvalue weighted by Crippen LogP contribution is -1.83. The summed E-state index contributed by atoms with van der Waals surface area (Å²) < 4.78 is 6.54. The van der Waals surface area contributed by atoms with Crippen LogP contribution in [0.25, 0.3) is 4.98 Å². The molecule has 0 bridgehead atoms. The molecule has 84 valence electrons. The number of nitrogens with zero attached hydrogens (tertiary/aromatic N) is 2. The van der Waals surface area contributed by atoms with Gasteiger partial charge in [-0.2, -0.15) is 0 Å². The molecule has 0 amide bonds. The van der Waals surface area contributed by atoms with Crippen LogP contribution in [-0.4, -0.2) is 0 Å². The van der Waals surface area contributed by atoms with E-state index >= 15 is 0 Å². The third-order valence-electron chi connectivity index (χ3n) is 2.07. The smallest absolute Gasteiger partial charge is 0.428 e. The van der Waals surface area contributed by atoms with Gasteiger partial charge in [0.05, 0.1) is 6.07 Å². The molecular weight excluding hydrogens is 304 g/mol. The summed E-state index contributed by atoms with van der Waals surface area (Å²) in [5, 5.41) is 9.33. The van der Waals surface area contributed by atoms with Gasteiger partial charge in [0, 0.05) is 9.50 Å². The van der Waals surface area contributed by atoms with Crippen LogP contribution < -0.4 is 4.74 Å². The minimum Gasteiger partial charge on any atom is -0.449 e. The van der Waals surface area contributed by atoms with Crippen LogP contribution in [0.5, 0.6) is 11.5 Å². The number of halogens is 2. The van der Waals surface area contributed by atoms with Crippen molar-refractivity contribution in [3.05, 3.63) is 56.9 Å². The Hall–Kier alpha value is -1.57. The van der Waals surface area contributed by atoms with E-state index in [9.17, 15) is 0 Å². The quantitative estimate of drug-likeness (QED) is 0.698. The van der Waals surface area contributed by atoms with Gasteiger partial charge in [-0.3, -0.25) is 0 Å². The van der Waals surface area contributed by atoms with Gasteiger partial charge in [-0.15, -0.1) is 0 Å². The van der Waals surface area contributed by atoms with Gasteiger partial charge in [0.25, 0.3) is 0 Å². The standard InChI is InChI=1S/C12H7BrClN2O/c13-8-1-4-10(5-2-8)17-12-6-3-9(14)7-11(12)16-15/h1-7H/q+1. The molecular formula is C12H7BrClN2O+. The molecule has 0 unspecified atom stereocenters. The molecule has 0 heterocycles. The van der Waals surface area contributed by atoms with Crippen LogP contribution in [0.4, 0.5) is 5.69 Å². The zero-order valence-corrected chi connectivity index (χ0v) is 10.9. The molecule has 2 aromatic rings. The molecule has 3 nitrogen and oxygen atoms in total. The first-order valence-corrected chi connectivity index (χ1v) is 5.94. The number of ether oxygens (including phenoxy) is 1. The second-order valence-corrected chi connectivity index (χ2v) is 4.62. The van der Waals surface area contributed by atoms with E-state index in [1.165, 1.54) is 6.07 Å². The van der Waals surface area contributed by atoms with Crippen LogP contribution in [0, 0.1) is 5.39 Å². The van der Waals surface area contributed by atoms with E-state index < -0.39 is 0 Å². The summed E-state index contributed by atoms with van der Waals surface area (Å²) in [6, 6.07) is 12.2. The summed E-state index contributed by atoms with van der Waals surface area (Å²) in [6.45, 7) is 0. The van der Waals surface area contributed by atoms with Crippen LogP contribution in [0.2, 0.25) is 5.02 Å². The Morgan fingerprint density at radius 3 is 2.47 bits per heavy atom. The van der Waals surface area contributed by atoms with Crippen LogP contribution in [-0.2, 0) is 0 Å². The molecule has 17 heavy (non-hydrogen) atoms. The van der Waals surface area contributed by atoms with Gasteiger partial charge in [0.1, 0.15) is 5.75 Å². The van der Waals surface area contributed by atoms with Crippen molar-refractivity contribution in [1.29, 1.82) is 5.39 Å². The van der Waals surface area contributed by atoms with Crippen LogP contribution >= 0.6 is 27.5 Å². The van der Waals surface area contributed by atoms with Gasteiger partial charge < -0.3 is 4.74 Å². The first-order chi connectivity index (χ1) is 8.19. The summed E-state index contributed by atoms with van der Waals surface area (Å²) in [5.74, 6) is 1.10. The maximum atomic E-state index is 8.84. The Balaban J connectivity index is 2.30. The third kappa shape index (κ3) is 2.96. The summed E-state index contributed by atoms with van der Waals surface area (Å²) in [4.78, 5) is 3.13. The zero-order valence-electron chi connectivity index (χ0n) is 8.60. The number of benzene rings is 2. The van der Waals surface area contributed by atoms with Crippen LogP contribution in [0.1, 0.15) is 0 Å². The molecule has 0 aromatic heterocycles. The highest BCUT2D eigenvalue weighted by Gasteiger charge is 2.16. The molecule has 0 radical (unpaired) electrons. The third-order valence-corrected chi connectivity index (χ3v) is 2.83. The van der Waals surface area contributed by atoms with Gasteiger partial charge in [0.15, 0.2) is 4.98 Å². The average molecular weight is 311 g/mol. The van der Waals surface area contributed by atoms with E-state index in [1.54, 1.807) is 24.3 Å². The first-order valence-electron chi connectivity index (χ1n) is 4.77. The molecule has 0 spiro atoms. The lowest BCUT2D eigenvalue weighted by atomic mass is 10.3. The molecule has 0 atom stereocenters. The summed E-state index contributed by atoms with van der Waals surface area (Å²) in [6.07, 6.45) is 0. The average Bonchev–Trinajstić information content (AvgIpc) is 2.34. The van der Waals surface area contributed by atoms with Gasteiger partial charge in [-0.25, -0.2) is 0 Å². The first kappa shape index (κ1) is 11.9. The maximum absolute atomic E-state index is 8.84. The molecule has 2 rings (SSSR count). The fraction of sp³-hybridized carbons (Fsp3) is 0. The van der Waals surface area contributed by atoms with Crippen molar-refractivity contribution in [3.63, 3.8) is 0 Å². The zero-order chi connectivity index (χ0) is 12.3. The minimum atomic E-state index is 0.292. The van der Waals surface area contributed by atoms with Gasteiger partial charge in [0.2, 0.25) is 11.1 Å². The molecule has 0 N–H and O–H groups in total. The monoisotopic (exact) mass is 309 g/mol. The molecule has 0 saturated carbocycles. The Kier molecular flexibility index (Phi) is 3.62. The SMILES string of the molecule is N#[N+]c1cc(Cl)ccc1Oc1ccc(Br)cc1. The molecule has 0 aliphatic heterocycles. The fourth-order valence-electron chi connectivity index (χ4n) is 1.28. The predicted molar refractivity (Wildman–Crippen MR) is 70.4 cm³/mol. The molecule has 0 saturated heterocycles. The highest BCUT2D eigenvalue weighted by molar-refractivity contribution is 9.10. The normalized spacial score (nSPS) is 9.71. The lowest BCUT2D eigenvalue weighted by Gasteiger charge is -2.03. The van der Waals surface area contributed by atoms with E-state index in [-0.39, 0.29) is 0 Å². The van der Waals surface area contributed by atoms with E-state index in [0.717, 1.165) is 4.47 Å². The number of hydrogen-bond acceptors (Lipinski definition) is 2. The van der Waals surface area contributed by atoms with Crippen LogP contribution in [0.3, 0.4) is 0 Å². The largest absolute Gasteiger partial charge is 0.449 e. The second kappa shape index (κ2) is 5.17. The van der Waals surface area contributed by atoms with Gasteiger partial charge >= 0.3 is 5.69 Å². The Morgan fingerprint density at radius 2 is 1.82 bits per heavy atom. The molecule has 0 aliphatic rings. The number of hydrogen-bond donors (Lipinski definition) is 0. The highest BCUT2D eigenvalue weighted by atomic mass is 79.9. The van der Waals surface area contributed by atoms with Crippen molar-refractivity contribution in [3.8, 4) is 11.5 Å². The Morgan fingerprint density at radius 1 is 1.12 bits per heavy atom. The van der Waals surface area contributed by atoms with E-state index in [0.29, 0.717) is 22.2 Å². The van der Waals surface area contributed by atoms with Crippen molar-refractivity contribution in [2.24, 2.45) is 0 Å². The van der Waals surface area contributed by atoms with Crippen molar-refractivity contribution in [1.82, 2.24) is 0 Å². The van der Waals surface area contributed by atoms with Crippen molar-refractivity contribution in [2.75, 3.05) is 0 Å². The van der Waals surface area contributed by atoms with Gasteiger partial charge in [-0.1, -0.05) is 27.5 Å². The fourth-order valence-corrected chi connectivity index (χ4v) is 1.72. The summed E-state index contributed by atoms with van der Waals surface area (Å²) in [5.41, 5.74) is 0.292. The summed E-state index contributed by atoms with van der Waals surface area (Å²) >= 11 is 9.12. The van der Waals surface area contributed by atoms with Crippen LogP contribution in [0.15, 0.2) is 46.9 Å². The number of diazo groups is 1. The van der Waals surface area contributed by atoms with Crippen molar-refractivity contribution >= 4 is 33.2 Å². The molecule has 2 aromatic carbocycles. The topological polar surface area (TPSA) is 37.4 Å². The van der Waals surface area contributed by atoms with Gasteiger partial charge in [-0.05, 0) is 36.4 Å². The van der Waals surface area contributed by atoms with E-state index in [1.807, 2.05) is 12.1 Å². The molecule has 5 heteroatoms. The second-order valence-electron chi connectivity index (χ2n) is 3.27. The van der Waals surface area contributed by atoms with Crippen molar-refractivity contribution < 1.29 is 4.74 Å². The highest BCUT2D eigenvalue weighted by Crippen LogP contribution is 2.34. The van der Waals surface area contributed by atoms with Crippen molar-refractivity contribution in [2.45, 2.75) is 0 Å². The Bertz CT molecular complexity index is 578. The van der Waals surface area contributed by atoms with E-state index in [2.05, 4.69) is 20.9 Å². The lowest BCUT2D eigenvalue weighted by molar-refractivity contribution is 0.485. The molecule has 0 aliphatic carbocycles. The predicted octanol–water partition coefficient (Wildman–Crippen LogP) is 5.38. The number of rotatable bonds is 2. The Labute approximate surface area is 112 Å². The maximum Gasteiger partial charge on any atom is 0.428 e. The minimum absolute atomic E-state index is 0.292. The van der Waals surface area contributed by atoms with E-state index in [4.69, 9.17) is 21.7 Å². The molecule has 0 fully saturated rings.